The summed E-state index contributed by atoms with van der Waals surface area (Å²) >= 11 is 5.24. The van der Waals surface area contributed by atoms with Gasteiger partial charge in [-0.25, -0.2) is 0 Å². The Labute approximate surface area is 222 Å². The van der Waals surface area contributed by atoms with E-state index in [0.717, 1.165) is 37.7 Å². The lowest BCUT2D eigenvalue weighted by molar-refractivity contribution is -0.321. The lowest BCUT2D eigenvalue weighted by Gasteiger charge is -2.48. The zero-order valence-corrected chi connectivity index (χ0v) is 23.4. The molecular formula is C29H43NO5S. The Morgan fingerprint density at radius 1 is 1.25 bits per heavy atom. The number of hydrogen-bond acceptors (Lipinski definition) is 6. The maximum Gasteiger partial charge on any atom is 0.266 e. The first kappa shape index (κ1) is 28.8. The van der Waals surface area contributed by atoms with Crippen LogP contribution in [0.4, 0.5) is 0 Å². The minimum Gasteiger partial charge on any atom is -0.468 e. The SMILES string of the molecule is C#C[C@@H]1O[C@]2(CC[C@@H]1C)CC[C@H](C)[C@@H](C/C=C(C)/C=C/[C@H](O)[C@@H](C)C(=O)N1C(=S)OC[C@@H]1C(C)C)O2. The quantitative estimate of drug-likeness (QED) is 0.291. The van der Waals surface area contributed by atoms with Crippen LogP contribution in [-0.4, -0.2) is 57.8 Å². The van der Waals surface area contributed by atoms with Gasteiger partial charge in [-0.15, -0.1) is 6.42 Å². The van der Waals surface area contributed by atoms with Crippen LogP contribution < -0.4 is 0 Å². The molecule has 1 spiro atoms. The minimum absolute atomic E-state index is 0.0449. The lowest BCUT2D eigenvalue weighted by Crippen LogP contribution is -2.51. The van der Waals surface area contributed by atoms with Crippen LogP contribution in [0, 0.1) is 36.0 Å². The summed E-state index contributed by atoms with van der Waals surface area (Å²) in [5.41, 5.74) is 1.00. The van der Waals surface area contributed by atoms with Crippen molar-refractivity contribution >= 4 is 23.3 Å². The summed E-state index contributed by atoms with van der Waals surface area (Å²) in [6.45, 7) is 12.5. The number of ether oxygens (including phenoxy) is 3. The summed E-state index contributed by atoms with van der Waals surface area (Å²) in [4.78, 5) is 14.6. The number of thiocarbonyl (C=S) groups is 1. The Hall–Kier alpha value is -1.72. The largest absolute Gasteiger partial charge is 0.468 e. The van der Waals surface area contributed by atoms with Crippen molar-refractivity contribution in [2.45, 2.75) is 104 Å². The van der Waals surface area contributed by atoms with Crippen LogP contribution in [0.2, 0.25) is 0 Å². The fourth-order valence-corrected chi connectivity index (χ4v) is 5.47. The third-order valence-corrected chi connectivity index (χ3v) is 8.34. The number of allylic oxidation sites excluding steroid dienone is 2. The van der Waals surface area contributed by atoms with Crippen molar-refractivity contribution in [2.24, 2.45) is 23.7 Å². The number of hydrogen-bond donors (Lipinski definition) is 1. The van der Waals surface area contributed by atoms with Crippen molar-refractivity contribution in [3.63, 3.8) is 0 Å². The number of carbonyl (C=O) groups is 1. The molecule has 200 valence electrons. The van der Waals surface area contributed by atoms with E-state index < -0.39 is 17.8 Å². The highest BCUT2D eigenvalue weighted by molar-refractivity contribution is 7.80. The first-order valence-corrected chi connectivity index (χ1v) is 13.7. The smallest absolute Gasteiger partial charge is 0.266 e. The fraction of sp³-hybridized carbons (Fsp3) is 0.724. The van der Waals surface area contributed by atoms with Gasteiger partial charge in [0.05, 0.1) is 24.2 Å². The minimum atomic E-state index is -0.927. The molecule has 0 aromatic heterocycles. The van der Waals surface area contributed by atoms with Crippen LogP contribution in [0.15, 0.2) is 23.8 Å². The third-order valence-electron chi connectivity index (χ3n) is 8.03. The molecule has 36 heavy (non-hydrogen) atoms. The van der Waals surface area contributed by atoms with Gasteiger partial charge < -0.3 is 19.3 Å². The highest BCUT2D eigenvalue weighted by Gasteiger charge is 2.46. The molecule has 3 aliphatic rings. The highest BCUT2D eigenvalue weighted by atomic mass is 32.1. The van der Waals surface area contributed by atoms with Gasteiger partial charge in [0, 0.05) is 12.8 Å². The molecule has 8 atom stereocenters. The first-order chi connectivity index (χ1) is 17.0. The van der Waals surface area contributed by atoms with Gasteiger partial charge in [-0.05, 0) is 56.2 Å². The molecule has 0 aromatic carbocycles. The Bertz CT molecular complexity index is 904. The number of carbonyl (C=O) groups excluding carboxylic acids is 1. The second kappa shape index (κ2) is 12.2. The summed E-state index contributed by atoms with van der Waals surface area (Å²) < 4.78 is 18.3. The molecule has 0 unspecified atom stereocenters. The lowest BCUT2D eigenvalue weighted by atomic mass is 9.84. The second-order valence-corrected chi connectivity index (χ2v) is 11.6. The van der Waals surface area contributed by atoms with Crippen molar-refractivity contribution in [1.29, 1.82) is 0 Å². The molecular weight excluding hydrogens is 474 g/mol. The van der Waals surface area contributed by atoms with E-state index >= 15 is 0 Å². The summed E-state index contributed by atoms with van der Waals surface area (Å²) in [6.07, 6.45) is 14.8. The summed E-state index contributed by atoms with van der Waals surface area (Å²) in [5.74, 6) is 2.34. The Morgan fingerprint density at radius 2 is 1.92 bits per heavy atom. The Kier molecular flexibility index (Phi) is 9.79. The monoisotopic (exact) mass is 517 g/mol. The van der Waals surface area contributed by atoms with Crippen molar-refractivity contribution in [3.05, 3.63) is 23.8 Å². The van der Waals surface area contributed by atoms with Crippen LogP contribution in [0.1, 0.15) is 73.6 Å². The molecule has 6 nitrogen and oxygen atoms in total. The van der Waals surface area contributed by atoms with Crippen LogP contribution in [0.25, 0.3) is 0 Å². The molecule has 1 amide bonds. The normalized spacial score (nSPS) is 35.2. The maximum absolute atomic E-state index is 13.0. The third kappa shape index (κ3) is 6.58. The van der Waals surface area contributed by atoms with Gasteiger partial charge in [0.25, 0.3) is 5.17 Å². The van der Waals surface area contributed by atoms with E-state index in [4.69, 9.17) is 32.9 Å². The predicted octanol–water partition coefficient (Wildman–Crippen LogP) is 5.00. The zero-order chi connectivity index (χ0) is 26.6. The predicted molar refractivity (Wildman–Crippen MR) is 145 cm³/mol. The van der Waals surface area contributed by atoms with E-state index in [9.17, 15) is 9.90 Å². The molecule has 3 rings (SSSR count). The van der Waals surface area contributed by atoms with E-state index in [-0.39, 0.29) is 35.2 Å². The summed E-state index contributed by atoms with van der Waals surface area (Å²) in [6, 6.07) is -0.0988. The molecule has 7 heteroatoms. The van der Waals surface area contributed by atoms with Crippen LogP contribution in [-0.2, 0) is 19.0 Å². The van der Waals surface area contributed by atoms with Gasteiger partial charge in [-0.1, -0.05) is 64.3 Å². The topological polar surface area (TPSA) is 68.2 Å². The Balaban J connectivity index is 1.58. The maximum atomic E-state index is 13.0. The number of aliphatic hydroxyl groups is 1. The van der Waals surface area contributed by atoms with E-state index in [1.54, 1.807) is 13.0 Å². The molecule has 0 aromatic rings. The fourth-order valence-electron chi connectivity index (χ4n) is 5.17. The van der Waals surface area contributed by atoms with E-state index in [2.05, 4.69) is 25.8 Å². The highest BCUT2D eigenvalue weighted by Crippen LogP contribution is 2.43. The molecule has 3 heterocycles. The summed E-state index contributed by atoms with van der Waals surface area (Å²) in [5, 5.41) is 10.9. The van der Waals surface area contributed by atoms with Gasteiger partial charge in [0.1, 0.15) is 12.7 Å². The van der Waals surface area contributed by atoms with E-state index in [1.807, 2.05) is 26.8 Å². The molecule has 3 aliphatic heterocycles. The van der Waals surface area contributed by atoms with Gasteiger partial charge in [-0.2, -0.15) is 0 Å². The van der Waals surface area contributed by atoms with Crippen molar-refractivity contribution < 1.29 is 24.1 Å². The Morgan fingerprint density at radius 3 is 2.56 bits per heavy atom. The average molecular weight is 518 g/mol. The molecule has 1 N–H and O–H groups in total. The number of aliphatic hydroxyl groups excluding tert-OH is 1. The molecule has 0 bridgehead atoms. The van der Waals surface area contributed by atoms with Gasteiger partial charge in [0.15, 0.2) is 5.79 Å². The number of nitrogens with zero attached hydrogens (tertiary/aromatic N) is 1. The molecule has 3 saturated heterocycles. The van der Waals surface area contributed by atoms with Crippen LogP contribution >= 0.6 is 12.2 Å². The van der Waals surface area contributed by atoms with Crippen molar-refractivity contribution in [3.8, 4) is 12.3 Å². The average Bonchev–Trinajstić information content (AvgIpc) is 3.25. The number of terminal acetylenes is 1. The van der Waals surface area contributed by atoms with Crippen molar-refractivity contribution in [1.82, 2.24) is 4.90 Å². The zero-order valence-electron chi connectivity index (χ0n) is 22.6. The second-order valence-electron chi connectivity index (χ2n) is 11.2. The molecule has 3 fully saturated rings. The van der Waals surface area contributed by atoms with E-state index in [0.29, 0.717) is 18.4 Å². The molecule has 0 radical (unpaired) electrons. The van der Waals surface area contributed by atoms with Crippen molar-refractivity contribution in [2.75, 3.05) is 6.61 Å². The summed E-state index contributed by atoms with van der Waals surface area (Å²) in [7, 11) is 0. The number of rotatable bonds is 7. The standard InChI is InChI=1S/C29H43NO5S/c1-8-25-20(5)13-15-29(34-25)16-14-21(6)26(35-29)12-10-19(4)9-11-24(31)22(7)27(32)30-23(18(2)3)17-33-28(30)36/h1,9-11,18,20-26,31H,12-17H2,2-7H3/b11-9+,19-10+/t20-,21-,22+,23+,24-,25-,26+,29-/m0/s1. The van der Waals surface area contributed by atoms with Crippen LogP contribution in [0.3, 0.4) is 0 Å². The molecule has 0 aliphatic carbocycles. The first-order valence-electron chi connectivity index (χ1n) is 13.3. The van der Waals surface area contributed by atoms with Crippen LogP contribution in [0.5, 0.6) is 0 Å². The number of amides is 1. The van der Waals surface area contributed by atoms with E-state index in [1.165, 1.54) is 4.90 Å². The van der Waals surface area contributed by atoms with Gasteiger partial charge in [-0.3, -0.25) is 9.69 Å². The molecule has 0 saturated carbocycles. The van der Waals surface area contributed by atoms with Gasteiger partial charge in [0.2, 0.25) is 5.91 Å². The van der Waals surface area contributed by atoms with Gasteiger partial charge >= 0.3 is 0 Å².